The minimum atomic E-state index is -0.605. The van der Waals surface area contributed by atoms with E-state index in [1.807, 2.05) is 73.8 Å². The Morgan fingerprint density at radius 1 is 1.26 bits per heavy atom. The summed E-state index contributed by atoms with van der Waals surface area (Å²) in [6.45, 7) is 3.81. The normalized spacial score (nSPS) is 15.6. The van der Waals surface area contributed by atoms with E-state index in [9.17, 15) is 9.59 Å². The van der Waals surface area contributed by atoms with Crippen LogP contribution in [0, 0.1) is 0 Å². The monoisotopic (exact) mass is 571 g/mol. The van der Waals surface area contributed by atoms with Gasteiger partial charge in [-0.1, -0.05) is 29.5 Å². The summed E-state index contributed by atoms with van der Waals surface area (Å²) in [4.78, 5) is 35.0. The van der Waals surface area contributed by atoms with Gasteiger partial charge in [0.15, 0.2) is 4.80 Å². The number of benzene rings is 2. The zero-order valence-corrected chi connectivity index (χ0v) is 23.4. The van der Waals surface area contributed by atoms with E-state index in [-0.39, 0.29) is 12.2 Å². The van der Waals surface area contributed by atoms with Crippen molar-refractivity contribution in [2.75, 3.05) is 31.9 Å². The lowest BCUT2D eigenvalue weighted by atomic mass is 9.96. The lowest BCUT2D eigenvalue weighted by Gasteiger charge is -2.24. The molecular formula is C26H26BrN3O3S2. The maximum Gasteiger partial charge on any atom is 0.338 e. The number of carbonyl (C=O) groups is 1. The van der Waals surface area contributed by atoms with Crippen molar-refractivity contribution >= 4 is 56.8 Å². The molecule has 0 fully saturated rings. The van der Waals surface area contributed by atoms with Crippen molar-refractivity contribution in [2.24, 2.45) is 4.99 Å². The number of anilines is 1. The summed E-state index contributed by atoms with van der Waals surface area (Å²) in [6.07, 6.45) is 3.88. The lowest BCUT2D eigenvalue weighted by Crippen LogP contribution is -2.39. The molecule has 1 atom stereocenters. The first-order chi connectivity index (χ1) is 16.7. The first-order valence-electron chi connectivity index (χ1n) is 11.1. The summed E-state index contributed by atoms with van der Waals surface area (Å²) in [5, 5.41) is 0. The van der Waals surface area contributed by atoms with Gasteiger partial charge < -0.3 is 9.64 Å². The Labute approximate surface area is 220 Å². The summed E-state index contributed by atoms with van der Waals surface area (Å²) in [5.41, 5.74) is 3.55. The van der Waals surface area contributed by atoms with Crippen molar-refractivity contribution in [1.82, 2.24) is 4.57 Å². The number of esters is 1. The van der Waals surface area contributed by atoms with E-state index in [2.05, 4.69) is 20.9 Å². The Balaban J connectivity index is 1.90. The fourth-order valence-corrected chi connectivity index (χ4v) is 6.23. The molecule has 0 radical (unpaired) electrons. The summed E-state index contributed by atoms with van der Waals surface area (Å²) in [5.74, 6) is -0.454. The Bertz CT molecular complexity index is 1490. The SMILES string of the molecule is CCOC(=O)C1=C(C)N=c2sc(=Cc3ccc(N(C)C)c(Br)c3)c(=O)n2C1c1ccc(SC)cc1. The Morgan fingerprint density at radius 2 is 1.97 bits per heavy atom. The molecule has 1 aliphatic rings. The van der Waals surface area contributed by atoms with Gasteiger partial charge in [-0.15, -0.1) is 11.8 Å². The van der Waals surface area contributed by atoms with Crippen LogP contribution < -0.4 is 19.8 Å². The second-order valence-electron chi connectivity index (χ2n) is 8.18. The van der Waals surface area contributed by atoms with Gasteiger partial charge in [0.05, 0.1) is 34.1 Å². The number of thioether (sulfide) groups is 1. The smallest absolute Gasteiger partial charge is 0.338 e. The lowest BCUT2D eigenvalue weighted by molar-refractivity contribution is -0.139. The van der Waals surface area contributed by atoms with Crippen LogP contribution in [-0.4, -0.2) is 37.5 Å². The van der Waals surface area contributed by atoms with Crippen LogP contribution in [0.4, 0.5) is 5.69 Å². The summed E-state index contributed by atoms with van der Waals surface area (Å²) >= 11 is 6.57. The molecule has 0 saturated carbocycles. The minimum absolute atomic E-state index is 0.185. The highest BCUT2D eigenvalue weighted by molar-refractivity contribution is 9.10. The summed E-state index contributed by atoms with van der Waals surface area (Å²) in [7, 11) is 3.96. The van der Waals surface area contributed by atoms with Crippen molar-refractivity contribution in [3.63, 3.8) is 0 Å². The number of halogens is 1. The van der Waals surface area contributed by atoms with Gasteiger partial charge in [-0.2, -0.15) is 0 Å². The number of carbonyl (C=O) groups excluding carboxylic acids is 1. The molecular weight excluding hydrogens is 546 g/mol. The molecule has 35 heavy (non-hydrogen) atoms. The van der Waals surface area contributed by atoms with E-state index < -0.39 is 12.0 Å². The van der Waals surface area contributed by atoms with E-state index >= 15 is 0 Å². The van der Waals surface area contributed by atoms with Crippen molar-refractivity contribution < 1.29 is 9.53 Å². The number of thiazole rings is 1. The highest BCUT2D eigenvalue weighted by atomic mass is 79.9. The Kier molecular flexibility index (Phi) is 7.68. The second kappa shape index (κ2) is 10.6. The molecule has 1 aliphatic heterocycles. The van der Waals surface area contributed by atoms with E-state index in [1.165, 1.54) is 11.3 Å². The van der Waals surface area contributed by atoms with Crippen LogP contribution in [-0.2, 0) is 9.53 Å². The zero-order chi connectivity index (χ0) is 25.3. The molecule has 2 aromatic carbocycles. The molecule has 0 bridgehead atoms. The minimum Gasteiger partial charge on any atom is -0.463 e. The van der Waals surface area contributed by atoms with Gasteiger partial charge in [0, 0.05) is 23.5 Å². The second-order valence-corrected chi connectivity index (χ2v) is 10.9. The number of aromatic nitrogens is 1. The fraction of sp³-hybridized carbons (Fsp3) is 0.269. The average molecular weight is 573 g/mol. The third-order valence-electron chi connectivity index (χ3n) is 5.70. The number of fused-ring (bicyclic) bond motifs is 1. The molecule has 1 aromatic heterocycles. The number of rotatable bonds is 6. The van der Waals surface area contributed by atoms with Crippen LogP contribution in [0.25, 0.3) is 6.08 Å². The van der Waals surface area contributed by atoms with Gasteiger partial charge >= 0.3 is 5.97 Å². The number of ether oxygens (including phenoxy) is 1. The molecule has 182 valence electrons. The quantitative estimate of drug-likeness (QED) is 0.325. The topological polar surface area (TPSA) is 63.9 Å². The molecule has 0 amide bonds. The zero-order valence-electron chi connectivity index (χ0n) is 20.2. The van der Waals surface area contributed by atoms with Crippen LogP contribution in [0.5, 0.6) is 0 Å². The van der Waals surface area contributed by atoms with Crippen LogP contribution >= 0.6 is 39.0 Å². The Hall–Kier alpha value is -2.62. The van der Waals surface area contributed by atoms with E-state index in [0.29, 0.717) is 20.6 Å². The molecule has 4 rings (SSSR count). The van der Waals surface area contributed by atoms with Crippen LogP contribution in [0.1, 0.15) is 31.0 Å². The van der Waals surface area contributed by atoms with Crippen molar-refractivity contribution in [1.29, 1.82) is 0 Å². The number of hydrogen-bond donors (Lipinski definition) is 0. The van der Waals surface area contributed by atoms with Gasteiger partial charge in [0.2, 0.25) is 0 Å². The average Bonchev–Trinajstić information content (AvgIpc) is 3.12. The number of allylic oxidation sites excluding steroid dienone is 1. The van der Waals surface area contributed by atoms with Gasteiger partial charge in [0.1, 0.15) is 0 Å². The van der Waals surface area contributed by atoms with Crippen molar-refractivity contribution in [3.8, 4) is 0 Å². The molecule has 0 spiro atoms. The third kappa shape index (κ3) is 5.03. The largest absolute Gasteiger partial charge is 0.463 e. The standard InChI is InChI=1S/C26H26BrN3O3S2/c1-6-33-25(32)22-15(2)28-26-30(23(22)17-8-10-18(34-5)11-9-17)24(31)21(35-26)14-16-7-12-20(29(3)4)19(27)13-16/h7-14,23H,6H2,1-5H3. The van der Waals surface area contributed by atoms with Crippen LogP contribution in [0.2, 0.25) is 0 Å². The molecule has 0 N–H and O–H groups in total. The number of hydrogen-bond acceptors (Lipinski definition) is 7. The van der Waals surface area contributed by atoms with Gasteiger partial charge in [-0.3, -0.25) is 9.36 Å². The molecule has 2 heterocycles. The predicted octanol–water partition coefficient (Wildman–Crippen LogP) is 4.35. The van der Waals surface area contributed by atoms with Gasteiger partial charge in [-0.05, 0) is 77.5 Å². The maximum absolute atomic E-state index is 13.7. The first kappa shape index (κ1) is 25.5. The van der Waals surface area contributed by atoms with E-state index in [0.717, 1.165) is 26.2 Å². The predicted molar refractivity (Wildman–Crippen MR) is 147 cm³/mol. The molecule has 1 unspecified atom stereocenters. The molecule has 3 aromatic rings. The highest BCUT2D eigenvalue weighted by Crippen LogP contribution is 2.32. The van der Waals surface area contributed by atoms with E-state index in [4.69, 9.17) is 4.74 Å². The number of nitrogens with zero attached hydrogens (tertiary/aromatic N) is 3. The summed E-state index contributed by atoms with van der Waals surface area (Å²) < 4.78 is 8.47. The molecule has 6 nitrogen and oxygen atoms in total. The van der Waals surface area contributed by atoms with Crippen molar-refractivity contribution in [3.05, 3.63) is 89.0 Å². The van der Waals surface area contributed by atoms with Crippen molar-refractivity contribution in [2.45, 2.75) is 24.8 Å². The third-order valence-corrected chi connectivity index (χ3v) is 8.06. The highest BCUT2D eigenvalue weighted by Gasteiger charge is 2.33. The molecule has 0 aliphatic carbocycles. The van der Waals surface area contributed by atoms with Gasteiger partial charge in [0.25, 0.3) is 5.56 Å². The molecule has 9 heteroatoms. The maximum atomic E-state index is 13.7. The van der Waals surface area contributed by atoms with Gasteiger partial charge in [-0.25, -0.2) is 9.79 Å². The van der Waals surface area contributed by atoms with Crippen LogP contribution in [0.3, 0.4) is 0 Å². The van der Waals surface area contributed by atoms with Crippen LogP contribution in [0.15, 0.2) is 72.9 Å². The fourth-order valence-electron chi connectivity index (χ4n) is 4.02. The summed E-state index contributed by atoms with van der Waals surface area (Å²) in [6, 6.07) is 13.3. The molecule has 0 saturated heterocycles. The Morgan fingerprint density at radius 3 is 2.57 bits per heavy atom. The first-order valence-corrected chi connectivity index (χ1v) is 13.9. The van der Waals surface area contributed by atoms with E-state index in [1.54, 1.807) is 30.2 Å².